The van der Waals surface area contributed by atoms with Crippen molar-refractivity contribution in [1.82, 2.24) is 9.44 Å². The number of sulfonamides is 1. The molecule has 0 aromatic heterocycles. The summed E-state index contributed by atoms with van der Waals surface area (Å²) in [4.78, 5) is 11.3. The lowest BCUT2D eigenvalue weighted by Gasteiger charge is -2.28. The number of fused-ring (bicyclic) bond motifs is 1. The second-order valence-corrected chi connectivity index (χ2v) is 14.2. The Balaban J connectivity index is 1.39. The van der Waals surface area contributed by atoms with E-state index in [2.05, 4.69) is 21.7 Å². The number of hydrogen-bond donors (Lipinski definition) is 4. The zero-order chi connectivity index (χ0) is 29.0. The van der Waals surface area contributed by atoms with Crippen LogP contribution in [0.15, 0.2) is 46.2 Å². The Kier molecular flexibility index (Phi) is 13.8. The van der Waals surface area contributed by atoms with E-state index in [4.69, 9.17) is 21.2 Å². The third kappa shape index (κ3) is 11.0. The summed E-state index contributed by atoms with van der Waals surface area (Å²) in [5, 5.41) is 12.1. The first kappa shape index (κ1) is 32.9. The van der Waals surface area contributed by atoms with Crippen molar-refractivity contribution in [1.29, 1.82) is 0 Å². The predicted molar refractivity (Wildman–Crippen MR) is 162 cm³/mol. The first-order valence-corrected chi connectivity index (χ1v) is 17.9. The number of aryl methyl sites for hydroxylation is 1. The van der Waals surface area contributed by atoms with Crippen LogP contribution in [0, 0.1) is 0 Å². The molecule has 1 aliphatic rings. The summed E-state index contributed by atoms with van der Waals surface area (Å²) in [6, 6.07) is 11.2. The Bertz CT molecular complexity index is 1250. The topological polar surface area (TPSA) is 134 Å². The normalized spacial score (nSPS) is 15.8. The molecule has 0 radical (unpaired) electrons. The summed E-state index contributed by atoms with van der Waals surface area (Å²) in [5.74, 6) is -1.10. The molecular formula is C27H39ClN3O6PS2. The zero-order valence-corrected chi connectivity index (χ0v) is 26.1. The van der Waals surface area contributed by atoms with Gasteiger partial charge in [0.2, 0.25) is 18.1 Å². The van der Waals surface area contributed by atoms with Gasteiger partial charge in [-0.1, -0.05) is 74.9 Å². The third-order valence-corrected chi connectivity index (χ3v) is 10.4. The smallest absolute Gasteiger partial charge is 0.312 e. The predicted octanol–water partition coefficient (Wildman–Crippen LogP) is 6.43. The number of carboxylic acid groups (broad SMARTS) is 1. The maximum absolute atomic E-state index is 13.0. The van der Waals surface area contributed by atoms with E-state index in [1.54, 1.807) is 12.1 Å². The Morgan fingerprint density at radius 2 is 1.80 bits per heavy atom. The van der Waals surface area contributed by atoms with E-state index in [1.807, 2.05) is 24.3 Å². The molecule has 222 valence electrons. The van der Waals surface area contributed by atoms with Crippen LogP contribution in [0.3, 0.4) is 0 Å². The Morgan fingerprint density at radius 3 is 2.52 bits per heavy atom. The third-order valence-electron chi connectivity index (χ3n) is 6.47. The van der Waals surface area contributed by atoms with Crippen LogP contribution >= 0.6 is 31.6 Å². The van der Waals surface area contributed by atoms with Crippen LogP contribution in [0.25, 0.3) is 0 Å². The molecule has 0 spiro atoms. The Hall–Kier alpha value is -1.59. The molecule has 1 heterocycles. The zero-order valence-electron chi connectivity index (χ0n) is 22.7. The van der Waals surface area contributed by atoms with E-state index < -0.39 is 30.2 Å². The second kappa shape index (κ2) is 16.8. The molecule has 2 unspecified atom stereocenters. The van der Waals surface area contributed by atoms with Crippen molar-refractivity contribution in [2.75, 3.05) is 18.1 Å². The second-order valence-electron chi connectivity index (χ2n) is 9.79. The summed E-state index contributed by atoms with van der Waals surface area (Å²) in [6.45, 7) is 2.65. The van der Waals surface area contributed by atoms with Gasteiger partial charge in [-0.2, -0.15) is 0 Å². The first-order chi connectivity index (χ1) is 19.2. The number of benzene rings is 2. The van der Waals surface area contributed by atoms with Crippen LogP contribution in [0.5, 0.6) is 0 Å². The molecule has 4 N–H and O–H groups in total. The minimum Gasteiger partial charge on any atom is -0.481 e. The van der Waals surface area contributed by atoms with Crippen molar-refractivity contribution in [3.63, 3.8) is 0 Å². The molecule has 0 aliphatic carbocycles. The van der Waals surface area contributed by atoms with Crippen molar-refractivity contribution in [3.8, 4) is 0 Å². The molecule has 9 nitrogen and oxygen atoms in total. The highest BCUT2D eigenvalue weighted by Crippen LogP contribution is 2.37. The van der Waals surface area contributed by atoms with Gasteiger partial charge >= 0.3 is 5.97 Å². The maximum atomic E-state index is 13.0. The average Bonchev–Trinajstić information content (AvgIpc) is 2.92. The molecule has 2 atom stereocenters. The molecule has 2 aromatic rings. The van der Waals surface area contributed by atoms with E-state index in [0.29, 0.717) is 6.61 Å². The molecule has 0 fully saturated rings. The van der Waals surface area contributed by atoms with E-state index >= 15 is 0 Å². The van der Waals surface area contributed by atoms with Gasteiger partial charge in [0.05, 0.1) is 23.5 Å². The van der Waals surface area contributed by atoms with Crippen LogP contribution in [0.4, 0.5) is 5.69 Å². The number of anilines is 1. The number of carboxylic acids is 1. The minimum absolute atomic E-state index is 0.0637. The number of unbranched alkanes of at least 4 members (excludes halogenated alkanes) is 5. The quantitative estimate of drug-likeness (QED) is 0.0834. The van der Waals surface area contributed by atoms with E-state index in [9.17, 15) is 17.8 Å². The molecule has 13 heteroatoms. The number of nitrogens with one attached hydrogen (secondary N) is 3. The van der Waals surface area contributed by atoms with Gasteiger partial charge in [-0.3, -0.25) is 9.36 Å². The van der Waals surface area contributed by atoms with Crippen LogP contribution in [-0.2, 0) is 36.9 Å². The summed E-state index contributed by atoms with van der Waals surface area (Å²) < 4.78 is 48.5. The van der Waals surface area contributed by atoms with E-state index in [0.717, 1.165) is 73.9 Å². The number of rotatable bonds is 18. The van der Waals surface area contributed by atoms with Crippen molar-refractivity contribution >= 4 is 53.3 Å². The minimum atomic E-state index is -3.80. The molecule has 0 bridgehead atoms. The lowest BCUT2D eigenvalue weighted by Crippen LogP contribution is -2.35. The summed E-state index contributed by atoms with van der Waals surface area (Å²) in [5.41, 5.74) is 2.89. The van der Waals surface area contributed by atoms with Crippen LogP contribution in [0.2, 0.25) is 5.02 Å². The van der Waals surface area contributed by atoms with Gasteiger partial charge in [-0.05, 0) is 60.9 Å². The SMILES string of the molecule is CCCCC1NSc2cc(S(=O)(=O)NCc3ccc(CCCCCCCO[PH](=O)CC(=O)O)cc3)c(Cl)cc2N1. The highest BCUT2D eigenvalue weighted by molar-refractivity contribution is 7.97. The van der Waals surface area contributed by atoms with E-state index in [1.165, 1.54) is 17.5 Å². The van der Waals surface area contributed by atoms with Gasteiger partial charge < -0.3 is 14.9 Å². The molecule has 3 rings (SSSR count). The number of aliphatic carboxylic acids is 1. The lowest BCUT2D eigenvalue weighted by atomic mass is 10.0. The van der Waals surface area contributed by atoms with Gasteiger partial charge in [0.25, 0.3) is 0 Å². The molecule has 40 heavy (non-hydrogen) atoms. The monoisotopic (exact) mass is 631 g/mol. The van der Waals surface area contributed by atoms with Crippen molar-refractivity contribution in [2.24, 2.45) is 0 Å². The van der Waals surface area contributed by atoms with Crippen LogP contribution in [-0.4, -0.2) is 38.4 Å². The maximum Gasteiger partial charge on any atom is 0.312 e. The fourth-order valence-corrected chi connectivity index (χ4v) is 7.45. The molecule has 0 amide bonds. The van der Waals surface area contributed by atoms with Crippen molar-refractivity contribution in [3.05, 3.63) is 52.5 Å². The van der Waals surface area contributed by atoms with Crippen LogP contribution in [0.1, 0.15) is 69.4 Å². The summed E-state index contributed by atoms with van der Waals surface area (Å²) >= 11 is 7.82. The van der Waals surface area contributed by atoms with Gasteiger partial charge in [-0.15, -0.1) is 0 Å². The molecular weight excluding hydrogens is 593 g/mol. The number of carbonyl (C=O) groups is 1. The fourth-order valence-electron chi connectivity index (χ4n) is 4.23. The van der Waals surface area contributed by atoms with Gasteiger partial charge in [0, 0.05) is 11.4 Å². The standard InChI is InChI=1S/C27H39ClN3O6PS2/c1-2-3-10-26-30-23-16-22(28)25(17-24(23)39-31-26)40(35,36)29-18-21-13-11-20(12-14-21)9-7-5-4-6-8-15-37-38(34)19-27(32)33/h11-14,16-17,26,29-31,38H,2-10,15,18-19H2,1H3,(H,32,33). The molecule has 0 saturated heterocycles. The van der Waals surface area contributed by atoms with Gasteiger partial charge in [-0.25, -0.2) is 17.9 Å². The van der Waals surface area contributed by atoms with E-state index in [-0.39, 0.29) is 22.6 Å². The van der Waals surface area contributed by atoms with Crippen molar-refractivity contribution < 1.29 is 27.4 Å². The summed E-state index contributed by atoms with van der Waals surface area (Å²) in [6.07, 6.45) is 8.63. The fraction of sp³-hybridized carbons (Fsp3) is 0.519. The highest BCUT2D eigenvalue weighted by Gasteiger charge is 2.24. The molecule has 2 aromatic carbocycles. The number of halogens is 1. The lowest BCUT2D eigenvalue weighted by molar-refractivity contribution is -0.134. The first-order valence-electron chi connectivity index (χ1n) is 13.7. The highest BCUT2D eigenvalue weighted by atomic mass is 35.5. The van der Waals surface area contributed by atoms with Crippen LogP contribution < -0.4 is 14.8 Å². The van der Waals surface area contributed by atoms with Gasteiger partial charge in [0.15, 0.2) is 0 Å². The number of hydrogen-bond acceptors (Lipinski definition) is 8. The summed E-state index contributed by atoms with van der Waals surface area (Å²) in [7, 11) is -6.26. The van der Waals surface area contributed by atoms with Crippen molar-refractivity contribution in [2.45, 2.75) is 87.2 Å². The molecule has 1 aliphatic heterocycles. The largest absolute Gasteiger partial charge is 0.481 e. The molecule has 0 saturated carbocycles. The Labute approximate surface area is 247 Å². The Morgan fingerprint density at radius 1 is 1.10 bits per heavy atom. The van der Waals surface area contributed by atoms with Gasteiger partial charge in [0.1, 0.15) is 11.1 Å². The average molecular weight is 632 g/mol.